The average molecular weight is 243 g/mol. The molecule has 0 aromatic carbocycles. The molecule has 0 fully saturated rings. The van der Waals surface area contributed by atoms with Gasteiger partial charge in [-0.1, -0.05) is 13.8 Å². The van der Waals surface area contributed by atoms with E-state index in [0.29, 0.717) is 18.2 Å². The lowest BCUT2D eigenvalue weighted by atomic mass is 10.2. The second kappa shape index (κ2) is 6.03. The molecule has 0 radical (unpaired) electrons. The van der Waals surface area contributed by atoms with Gasteiger partial charge in [0.25, 0.3) is 0 Å². The Hall–Kier alpha value is -0.840. The summed E-state index contributed by atoms with van der Waals surface area (Å²) in [5, 5.41) is 3.23. The molecule has 1 heterocycles. The number of hydrogen-bond donors (Lipinski definition) is 1. The SMILES string of the molecule is Cc1cn(CC(C)C)c(NCCS(C)=O)n1. The van der Waals surface area contributed by atoms with Gasteiger partial charge in [-0.15, -0.1) is 0 Å². The van der Waals surface area contributed by atoms with Crippen molar-refractivity contribution in [3.63, 3.8) is 0 Å². The number of anilines is 1. The molecule has 1 aromatic heterocycles. The van der Waals surface area contributed by atoms with Gasteiger partial charge < -0.3 is 9.88 Å². The summed E-state index contributed by atoms with van der Waals surface area (Å²) in [5.41, 5.74) is 1.01. The van der Waals surface area contributed by atoms with E-state index in [-0.39, 0.29) is 0 Å². The van der Waals surface area contributed by atoms with Crippen molar-refractivity contribution in [1.82, 2.24) is 9.55 Å². The van der Waals surface area contributed by atoms with Gasteiger partial charge in [0.05, 0.1) is 5.69 Å². The van der Waals surface area contributed by atoms with E-state index in [1.165, 1.54) is 0 Å². The first-order valence-corrected chi connectivity index (χ1v) is 7.29. The standard InChI is InChI=1S/C11H21N3OS/c1-9(2)7-14-8-10(3)13-11(14)12-5-6-16(4)15/h8-9H,5-7H2,1-4H3,(H,12,13). The number of aryl methyl sites for hydroxylation is 1. The van der Waals surface area contributed by atoms with Crippen LogP contribution >= 0.6 is 0 Å². The zero-order valence-electron chi connectivity index (χ0n) is 10.5. The summed E-state index contributed by atoms with van der Waals surface area (Å²) in [6, 6.07) is 0. The molecule has 4 nitrogen and oxygen atoms in total. The highest BCUT2D eigenvalue weighted by molar-refractivity contribution is 7.84. The van der Waals surface area contributed by atoms with Gasteiger partial charge in [-0.05, 0) is 12.8 Å². The average Bonchev–Trinajstić information content (AvgIpc) is 2.44. The minimum Gasteiger partial charge on any atom is -0.355 e. The summed E-state index contributed by atoms with van der Waals surface area (Å²) in [4.78, 5) is 4.41. The number of aromatic nitrogens is 2. The number of rotatable bonds is 6. The van der Waals surface area contributed by atoms with Gasteiger partial charge in [0.1, 0.15) is 0 Å². The van der Waals surface area contributed by atoms with Crippen molar-refractivity contribution in [3.8, 4) is 0 Å². The van der Waals surface area contributed by atoms with Crippen molar-refractivity contribution in [2.45, 2.75) is 27.3 Å². The molecule has 5 heteroatoms. The smallest absolute Gasteiger partial charge is 0.203 e. The molecule has 92 valence electrons. The van der Waals surface area contributed by atoms with Crippen LogP contribution in [-0.4, -0.2) is 32.3 Å². The minimum atomic E-state index is -0.749. The van der Waals surface area contributed by atoms with Crippen LogP contribution in [0, 0.1) is 12.8 Å². The molecule has 0 spiro atoms. The fraction of sp³-hybridized carbons (Fsp3) is 0.727. The quantitative estimate of drug-likeness (QED) is 0.826. The number of nitrogens with zero attached hydrogens (tertiary/aromatic N) is 2. The van der Waals surface area contributed by atoms with E-state index in [2.05, 4.69) is 28.7 Å². The first-order chi connectivity index (χ1) is 7.49. The molecule has 1 unspecified atom stereocenters. The van der Waals surface area contributed by atoms with E-state index in [0.717, 1.165) is 18.2 Å². The van der Waals surface area contributed by atoms with Gasteiger partial charge in [0.2, 0.25) is 5.95 Å². The van der Waals surface area contributed by atoms with Gasteiger partial charge in [-0.3, -0.25) is 4.21 Å². The van der Waals surface area contributed by atoms with E-state index in [1.54, 1.807) is 6.26 Å². The maximum atomic E-state index is 10.9. The Balaban J connectivity index is 2.59. The Morgan fingerprint density at radius 1 is 1.56 bits per heavy atom. The van der Waals surface area contributed by atoms with Crippen molar-refractivity contribution >= 4 is 16.7 Å². The fourth-order valence-corrected chi connectivity index (χ4v) is 1.92. The lowest BCUT2D eigenvalue weighted by Crippen LogP contribution is -2.15. The van der Waals surface area contributed by atoms with Crippen LogP contribution in [0.3, 0.4) is 0 Å². The maximum absolute atomic E-state index is 10.9. The van der Waals surface area contributed by atoms with E-state index in [4.69, 9.17) is 0 Å². The Morgan fingerprint density at radius 2 is 2.25 bits per heavy atom. The number of hydrogen-bond acceptors (Lipinski definition) is 3. The third-order valence-corrected chi connectivity index (χ3v) is 2.91. The lowest BCUT2D eigenvalue weighted by Gasteiger charge is -2.11. The Labute approximate surface area is 99.9 Å². The van der Waals surface area contributed by atoms with Crippen molar-refractivity contribution in [2.75, 3.05) is 23.9 Å². The summed E-state index contributed by atoms with van der Waals surface area (Å²) >= 11 is 0. The predicted octanol–water partition coefficient (Wildman–Crippen LogP) is 1.64. The normalized spacial score (nSPS) is 13.1. The largest absolute Gasteiger partial charge is 0.355 e. The zero-order chi connectivity index (χ0) is 12.1. The van der Waals surface area contributed by atoms with Gasteiger partial charge in [0.15, 0.2) is 0 Å². The highest BCUT2D eigenvalue weighted by atomic mass is 32.2. The van der Waals surface area contributed by atoms with E-state index in [1.807, 2.05) is 13.1 Å². The summed E-state index contributed by atoms with van der Waals surface area (Å²) in [6.07, 6.45) is 3.76. The molecule has 0 saturated carbocycles. The van der Waals surface area contributed by atoms with Crippen LogP contribution in [0.15, 0.2) is 6.20 Å². The van der Waals surface area contributed by atoms with Crippen LogP contribution in [0.25, 0.3) is 0 Å². The molecule has 0 aliphatic heterocycles. The zero-order valence-corrected chi connectivity index (χ0v) is 11.3. The van der Waals surface area contributed by atoms with Crippen LogP contribution in [0.2, 0.25) is 0 Å². The molecule has 0 amide bonds. The molecule has 0 saturated heterocycles. The van der Waals surface area contributed by atoms with Crippen molar-refractivity contribution < 1.29 is 4.21 Å². The minimum absolute atomic E-state index is 0.592. The lowest BCUT2D eigenvalue weighted by molar-refractivity contribution is 0.526. The summed E-state index contributed by atoms with van der Waals surface area (Å²) < 4.78 is 13.1. The van der Waals surface area contributed by atoms with Crippen LogP contribution in [-0.2, 0) is 17.3 Å². The summed E-state index contributed by atoms with van der Waals surface area (Å²) in [7, 11) is -0.749. The van der Waals surface area contributed by atoms with Crippen molar-refractivity contribution in [2.24, 2.45) is 5.92 Å². The van der Waals surface area contributed by atoms with Crippen molar-refractivity contribution in [3.05, 3.63) is 11.9 Å². The maximum Gasteiger partial charge on any atom is 0.203 e. The highest BCUT2D eigenvalue weighted by Gasteiger charge is 2.06. The number of nitrogens with one attached hydrogen (secondary N) is 1. The van der Waals surface area contributed by atoms with Gasteiger partial charge in [-0.25, -0.2) is 4.98 Å². The molecular formula is C11H21N3OS. The fourth-order valence-electron chi connectivity index (χ4n) is 1.53. The third-order valence-electron chi connectivity index (χ3n) is 2.13. The summed E-state index contributed by atoms with van der Waals surface area (Å²) in [5.74, 6) is 2.14. The van der Waals surface area contributed by atoms with Crippen LogP contribution in [0.4, 0.5) is 5.95 Å². The molecule has 0 bridgehead atoms. The van der Waals surface area contributed by atoms with Crippen LogP contribution in [0.1, 0.15) is 19.5 Å². The van der Waals surface area contributed by atoms with E-state index in [9.17, 15) is 4.21 Å². The third kappa shape index (κ3) is 4.35. The second-order valence-corrected chi connectivity index (χ2v) is 6.01. The Bertz CT molecular complexity index is 360. The first kappa shape index (κ1) is 13.2. The second-order valence-electron chi connectivity index (χ2n) is 4.46. The van der Waals surface area contributed by atoms with Crippen molar-refractivity contribution in [1.29, 1.82) is 0 Å². The monoisotopic (exact) mass is 243 g/mol. The van der Waals surface area contributed by atoms with E-state index >= 15 is 0 Å². The molecule has 0 aliphatic carbocycles. The van der Waals surface area contributed by atoms with Crippen LogP contribution < -0.4 is 5.32 Å². The highest BCUT2D eigenvalue weighted by Crippen LogP contribution is 2.10. The Kier molecular flexibility index (Phi) is 4.99. The van der Waals surface area contributed by atoms with E-state index < -0.39 is 10.8 Å². The topological polar surface area (TPSA) is 46.9 Å². The molecule has 1 rings (SSSR count). The molecular weight excluding hydrogens is 222 g/mol. The molecule has 0 aliphatic rings. The molecule has 1 aromatic rings. The van der Waals surface area contributed by atoms with Gasteiger partial charge in [-0.2, -0.15) is 0 Å². The van der Waals surface area contributed by atoms with Gasteiger partial charge >= 0.3 is 0 Å². The van der Waals surface area contributed by atoms with Crippen LogP contribution in [0.5, 0.6) is 0 Å². The molecule has 1 atom stereocenters. The number of imidazole rings is 1. The Morgan fingerprint density at radius 3 is 2.81 bits per heavy atom. The molecule has 1 N–H and O–H groups in total. The predicted molar refractivity (Wildman–Crippen MR) is 69.2 cm³/mol. The first-order valence-electron chi connectivity index (χ1n) is 5.56. The van der Waals surface area contributed by atoms with Gasteiger partial charge in [0, 0.05) is 42.1 Å². The molecule has 16 heavy (non-hydrogen) atoms. The summed E-state index contributed by atoms with van der Waals surface area (Å²) in [6.45, 7) is 8.01.